The van der Waals surface area contributed by atoms with Crippen LogP contribution in [0.4, 0.5) is 0 Å². The highest BCUT2D eigenvalue weighted by atomic mass is 16.4. The number of hydrogen-bond acceptors (Lipinski definition) is 3. The van der Waals surface area contributed by atoms with Gasteiger partial charge in [-0.15, -0.1) is 5.16 Å². The van der Waals surface area contributed by atoms with E-state index >= 15 is 0 Å². The van der Waals surface area contributed by atoms with E-state index in [0.717, 1.165) is 18.8 Å². The van der Waals surface area contributed by atoms with Crippen LogP contribution in [0.5, 0.6) is 0 Å². The van der Waals surface area contributed by atoms with Gasteiger partial charge >= 0.3 is 0 Å². The first-order valence-corrected chi connectivity index (χ1v) is 8.35. The summed E-state index contributed by atoms with van der Waals surface area (Å²) in [5.41, 5.74) is 1.48. The molecular formula is C18H26N2O. The summed E-state index contributed by atoms with van der Waals surface area (Å²) in [5.74, 6) is 1.22. The third-order valence-corrected chi connectivity index (χ3v) is 5.22. The standard InChI is InChI=1S/C18H26N2O/c21-19-14-15-8-10-17(11-9-15)18(20-12-4-5-13-20)16-6-2-1-3-7-16/h1-3,6-7,14-15,17-18,21H,4-5,8-13H2/b19-14-. The second-order valence-corrected chi connectivity index (χ2v) is 6.54. The lowest BCUT2D eigenvalue weighted by Crippen LogP contribution is -2.33. The third-order valence-electron chi connectivity index (χ3n) is 5.22. The lowest BCUT2D eigenvalue weighted by atomic mass is 9.76. The van der Waals surface area contributed by atoms with Gasteiger partial charge in [0.1, 0.15) is 0 Å². The fraction of sp³-hybridized carbons (Fsp3) is 0.611. The minimum absolute atomic E-state index is 0.473. The Labute approximate surface area is 127 Å². The van der Waals surface area contributed by atoms with Crippen LogP contribution < -0.4 is 0 Å². The topological polar surface area (TPSA) is 35.8 Å². The molecule has 21 heavy (non-hydrogen) atoms. The number of rotatable bonds is 4. The normalized spacial score (nSPS) is 29.0. The second kappa shape index (κ2) is 7.08. The Kier molecular flexibility index (Phi) is 4.91. The van der Waals surface area contributed by atoms with E-state index in [0.29, 0.717) is 12.0 Å². The van der Waals surface area contributed by atoms with E-state index in [4.69, 9.17) is 5.21 Å². The van der Waals surface area contributed by atoms with Gasteiger partial charge in [0.05, 0.1) is 0 Å². The maximum Gasteiger partial charge on any atom is 0.0466 e. The molecule has 0 spiro atoms. The van der Waals surface area contributed by atoms with E-state index in [1.54, 1.807) is 6.21 Å². The number of likely N-dealkylation sites (tertiary alicyclic amines) is 1. The molecule has 1 aliphatic carbocycles. The molecule has 1 aromatic carbocycles. The fourth-order valence-electron chi connectivity index (χ4n) is 4.16. The van der Waals surface area contributed by atoms with Crippen molar-refractivity contribution < 1.29 is 5.21 Å². The van der Waals surface area contributed by atoms with Gasteiger partial charge in [0.15, 0.2) is 0 Å². The number of hydrogen-bond donors (Lipinski definition) is 1. The highest BCUT2D eigenvalue weighted by Gasteiger charge is 2.33. The Balaban J connectivity index is 1.74. The maximum absolute atomic E-state index is 8.71. The smallest absolute Gasteiger partial charge is 0.0466 e. The second-order valence-electron chi connectivity index (χ2n) is 6.54. The van der Waals surface area contributed by atoms with Crippen molar-refractivity contribution in [3.63, 3.8) is 0 Å². The average molecular weight is 286 g/mol. The zero-order valence-electron chi connectivity index (χ0n) is 12.7. The monoisotopic (exact) mass is 286 g/mol. The van der Waals surface area contributed by atoms with Crippen molar-refractivity contribution in [2.75, 3.05) is 13.1 Å². The Morgan fingerprint density at radius 3 is 2.33 bits per heavy atom. The van der Waals surface area contributed by atoms with Crippen LogP contribution in [0.15, 0.2) is 35.5 Å². The largest absolute Gasteiger partial charge is 0.411 e. The molecule has 3 rings (SSSR count). The van der Waals surface area contributed by atoms with Crippen LogP contribution in [0.25, 0.3) is 0 Å². The van der Waals surface area contributed by atoms with E-state index in [1.165, 1.54) is 44.3 Å². The van der Waals surface area contributed by atoms with Gasteiger partial charge < -0.3 is 5.21 Å². The van der Waals surface area contributed by atoms with Crippen LogP contribution >= 0.6 is 0 Å². The Hall–Kier alpha value is -1.35. The van der Waals surface area contributed by atoms with Crippen molar-refractivity contribution in [2.45, 2.75) is 44.6 Å². The van der Waals surface area contributed by atoms with Gasteiger partial charge in [-0.3, -0.25) is 4.90 Å². The average Bonchev–Trinajstić information content (AvgIpc) is 3.05. The molecule has 1 saturated carbocycles. The van der Waals surface area contributed by atoms with Crippen LogP contribution in [0.2, 0.25) is 0 Å². The first-order chi connectivity index (χ1) is 10.4. The molecule has 0 radical (unpaired) electrons. The van der Waals surface area contributed by atoms with Crippen LogP contribution in [-0.2, 0) is 0 Å². The van der Waals surface area contributed by atoms with Gasteiger partial charge in [0, 0.05) is 12.3 Å². The molecule has 1 N–H and O–H groups in total. The predicted octanol–water partition coefficient (Wildman–Crippen LogP) is 4.09. The molecule has 2 fully saturated rings. The number of oxime groups is 1. The lowest BCUT2D eigenvalue weighted by Gasteiger charge is -2.38. The Morgan fingerprint density at radius 2 is 1.71 bits per heavy atom. The summed E-state index contributed by atoms with van der Waals surface area (Å²) >= 11 is 0. The molecule has 2 aliphatic rings. The van der Waals surface area contributed by atoms with Crippen molar-refractivity contribution in [1.29, 1.82) is 0 Å². The molecule has 1 heterocycles. The summed E-state index contributed by atoms with van der Waals surface area (Å²) in [6, 6.07) is 11.6. The zero-order valence-corrected chi connectivity index (χ0v) is 12.7. The molecular weight excluding hydrogens is 260 g/mol. The van der Waals surface area contributed by atoms with E-state index in [9.17, 15) is 0 Å². The SMILES string of the molecule is O/N=C\C1CCC(C(c2ccccc2)N2CCCC2)CC1. The summed E-state index contributed by atoms with van der Waals surface area (Å²) in [4.78, 5) is 2.69. The van der Waals surface area contributed by atoms with Gasteiger partial charge in [0.2, 0.25) is 0 Å². The predicted molar refractivity (Wildman–Crippen MR) is 85.7 cm³/mol. The molecule has 1 unspecified atom stereocenters. The van der Waals surface area contributed by atoms with Gasteiger partial charge in [-0.1, -0.05) is 30.3 Å². The van der Waals surface area contributed by atoms with Crippen LogP contribution in [0.1, 0.15) is 50.1 Å². The highest BCUT2D eigenvalue weighted by molar-refractivity contribution is 5.59. The van der Waals surface area contributed by atoms with Crippen molar-refractivity contribution in [1.82, 2.24) is 4.90 Å². The van der Waals surface area contributed by atoms with Crippen molar-refractivity contribution in [3.8, 4) is 0 Å². The maximum atomic E-state index is 8.71. The first-order valence-electron chi connectivity index (χ1n) is 8.35. The molecule has 1 atom stereocenters. The third kappa shape index (κ3) is 3.46. The summed E-state index contributed by atoms with van der Waals surface area (Å²) < 4.78 is 0. The molecule has 0 aromatic heterocycles. The molecule has 1 aromatic rings. The van der Waals surface area contributed by atoms with E-state index in [2.05, 4.69) is 40.4 Å². The minimum atomic E-state index is 0.473. The molecule has 1 saturated heterocycles. The van der Waals surface area contributed by atoms with Gasteiger partial charge in [-0.05, 0) is 69.0 Å². The Bertz CT molecular complexity index is 446. The van der Waals surface area contributed by atoms with Crippen LogP contribution in [0.3, 0.4) is 0 Å². The van der Waals surface area contributed by atoms with Crippen LogP contribution in [-0.4, -0.2) is 29.4 Å². The van der Waals surface area contributed by atoms with Gasteiger partial charge in [-0.25, -0.2) is 0 Å². The van der Waals surface area contributed by atoms with Crippen molar-refractivity contribution in [2.24, 2.45) is 17.0 Å². The van der Waals surface area contributed by atoms with E-state index < -0.39 is 0 Å². The highest BCUT2D eigenvalue weighted by Crippen LogP contribution is 2.40. The first kappa shape index (κ1) is 14.6. The molecule has 0 bridgehead atoms. The summed E-state index contributed by atoms with van der Waals surface area (Å²) in [6.07, 6.45) is 9.21. The van der Waals surface area contributed by atoms with Gasteiger partial charge in [0.25, 0.3) is 0 Å². The fourth-order valence-corrected chi connectivity index (χ4v) is 4.16. The quantitative estimate of drug-likeness (QED) is 0.514. The molecule has 114 valence electrons. The Morgan fingerprint density at radius 1 is 1.05 bits per heavy atom. The van der Waals surface area contributed by atoms with Crippen molar-refractivity contribution in [3.05, 3.63) is 35.9 Å². The molecule has 1 aliphatic heterocycles. The minimum Gasteiger partial charge on any atom is -0.411 e. The number of nitrogens with zero attached hydrogens (tertiary/aromatic N) is 2. The molecule has 3 nitrogen and oxygen atoms in total. The van der Waals surface area contributed by atoms with E-state index in [-0.39, 0.29) is 0 Å². The zero-order chi connectivity index (χ0) is 14.5. The molecule has 0 amide bonds. The summed E-state index contributed by atoms with van der Waals surface area (Å²) in [7, 11) is 0. The number of benzene rings is 1. The van der Waals surface area contributed by atoms with Crippen LogP contribution in [0, 0.1) is 11.8 Å². The summed E-state index contributed by atoms with van der Waals surface area (Å²) in [6.45, 7) is 2.50. The van der Waals surface area contributed by atoms with E-state index in [1.807, 2.05) is 0 Å². The van der Waals surface area contributed by atoms with Gasteiger partial charge in [-0.2, -0.15) is 0 Å². The summed E-state index contributed by atoms with van der Waals surface area (Å²) in [5, 5.41) is 11.9. The lowest BCUT2D eigenvalue weighted by molar-refractivity contribution is 0.136. The van der Waals surface area contributed by atoms with Crippen molar-refractivity contribution >= 4 is 6.21 Å². The molecule has 3 heteroatoms.